The molecule has 0 amide bonds. The van der Waals surface area contributed by atoms with Crippen molar-refractivity contribution in [2.75, 3.05) is 0 Å². The van der Waals surface area contributed by atoms with Gasteiger partial charge in [0, 0.05) is 16.8 Å². The monoisotopic (exact) mass is 285 g/mol. The molecule has 0 aliphatic rings. The standard InChI is InChI=1S/C13H10Cl2FNO/c14-7-10-5-6-17-13(12(10)16)18-8-9-1-3-11(15)4-2-9/h1-6H,7-8H2. The van der Waals surface area contributed by atoms with Crippen LogP contribution in [-0.2, 0) is 12.5 Å². The number of nitrogens with zero attached hydrogens (tertiary/aromatic N) is 1. The number of hydrogen-bond donors (Lipinski definition) is 0. The van der Waals surface area contributed by atoms with Crippen molar-refractivity contribution in [3.8, 4) is 5.88 Å². The highest BCUT2D eigenvalue weighted by Gasteiger charge is 2.09. The summed E-state index contributed by atoms with van der Waals surface area (Å²) in [4.78, 5) is 3.84. The van der Waals surface area contributed by atoms with Crippen molar-refractivity contribution >= 4 is 23.2 Å². The molecule has 1 heterocycles. The summed E-state index contributed by atoms with van der Waals surface area (Å²) in [6.07, 6.45) is 1.47. The van der Waals surface area contributed by atoms with Gasteiger partial charge >= 0.3 is 0 Å². The number of halogens is 3. The van der Waals surface area contributed by atoms with Crippen LogP contribution in [0.4, 0.5) is 4.39 Å². The lowest BCUT2D eigenvalue weighted by Gasteiger charge is -2.08. The summed E-state index contributed by atoms with van der Waals surface area (Å²) in [6.45, 7) is 0.229. The molecule has 2 aromatic rings. The van der Waals surface area contributed by atoms with Crippen molar-refractivity contribution < 1.29 is 9.13 Å². The summed E-state index contributed by atoms with van der Waals surface area (Å²) >= 11 is 11.4. The van der Waals surface area contributed by atoms with Crippen LogP contribution in [0.25, 0.3) is 0 Å². The molecule has 0 N–H and O–H groups in total. The van der Waals surface area contributed by atoms with Gasteiger partial charge in [-0.25, -0.2) is 9.37 Å². The van der Waals surface area contributed by atoms with Crippen LogP contribution in [0.2, 0.25) is 5.02 Å². The molecule has 0 saturated carbocycles. The smallest absolute Gasteiger partial charge is 0.251 e. The summed E-state index contributed by atoms with van der Waals surface area (Å²) in [6, 6.07) is 8.65. The SMILES string of the molecule is Fc1c(CCl)ccnc1OCc1ccc(Cl)cc1. The lowest BCUT2D eigenvalue weighted by molar-refractivity contribution is 0.276. The van der Waals surface area contributed by atoms with E-state index in [1.54, 1.807) is 12.1 Å². The Kier molecular flexibility index (Phi) is 4.39. The third kappa shape index (κ3) is 3.12. The summed E-state index contributed by atoms with van der Waals surface area (Å²) in [5.41, 5.74) is 1.26. The number of alkyl halides is 1. The maximum absolute atomic E-state index is 13.7. The minimum Gasteiger partial charge on any atom is -0.471 e. The van der Waals surface area contributed by atoms with Crippen LogP contribution < -0.4 is 4.74 Å². The average molecular weight is 286 g/mol. The molecule has 0 saturated heterocycles. The molecular weight excluding hydrogens is 276 g/mol. The quantitative estimate of drug-likeness (QED) is 0.786. The number of rotatable bonds is 4. The van der Waals surface area contributed by atoms with Crippen LogP contribution in [0, 0.1) is 5.82 Å². The van der Waals surface area contributed by atoms with Crippen LogP contribution in [0.1, 0.15) is 11.1 Å². The maximum atomic E-state index is 13.7. The number of hydrogen-bond acceptors (Lipinski definition) is 2. The molecular formula is C13H10Cl2FNO. The minimum atomic E-state index is -0.513. The third-order valence-electron chi connectivity index (χ3n) is 2.37. The molecule has 0 unspecified atom stereocenters. The van der Waals surface area contributed by atoms with Gasteiger partial charge in [0.25, 0.3) is 5.88 Å². The molecule has 0 radical (unpaired) electrons. The van der Waals surface area contributed by atoms with Gasteiger partial charge in [-0.05, 0) is 23.8 Å². The van der Waals surface area contributed by atoms with Crippen molar-refractivity contribution in [3.63, 3.8) is 0 Å². The van der Waals surface area contributed by atoms with Crippen LogP contribution in [0.3, 0.4) is 0 Å². The molecule has 0 fully saturated rings. The van der Waals surface area contributed by atoms with E-state index in [1.807, 2.05) is 12.1 Å². The second-order valence-electron chi connectivity index (χ2n) is 3.64. The van der Waals surface area contributed by atoms with Crippen molar-refractivity contribution in [1.82, 2.24) is 4.98 Å². The molecule has 1 aromatic heterocycles. The number of pyridine rings is 1. The van der Waals surface area contributed by atoms with Gasteiger partial charge in [0.15, 0.2) is 5.82 Å². The van der Waals surface area contributed by atoms with Gasteiger partial charge in [-0.3, -0.25) is 0 Å². The van der Waals surface area contributed by atoms with Gasteiger partial charge in [0.05, 0.1) is 5.88 Å². The summed E-state index contributed by atoms with van der Waals surface area (Å²) in [5, 5.41) is 0.646. The molecule has 0 atom stereocenters. The summed E-state index contributed by atoms with van der Waals surface area (Å²) in [5.74, 6) is -0.462. The van der Waals surface area contributed by atoms with Crippen LogP contribution in [-0.4, -0.2) is 4.98 Å². The van der Waals surface area contributed by atoms with Crippen LogP contribution >= 0.6 is 23.2 Å². The van der Waals surface area contributed by atoms with Crippen molar-refractivity contribution in [3.05, 3.63) is 58.5 Å². The lowest BCUT2D eigenvalue weighted by atomic mass is 10.2. The van der Waals surface area contributed by atoms with E-state index >= 15 is 0 Å². The largest absolute Gasteiger partial charge is 0.471 e. The Balaban J connectivity index is 2.08. The fraction of sp³-hybridized carbons (Fsp3) is 0.154. The van der Waals surface area contributed by atoms with E-state index in [1.165, 1.54) is 12.3 Å². The van der Waals surface area contributed by atoms with Crippen molar-refractivity contribution in [2.45, 2.75) is 12.5 Å². The first-order valence-electron chi connectivity index (χ1n) is 5.27. The van der Waals surface area contributed by atoms with E-state index in [0.717, 1.165) is 5.56 Å². The molecule has 0 bridgehead atoms. The van der Waals surface area contributed by atoms with Gasteiger partial charge < -0.3 is 4.74 Å². The van der Waals surface area contributed by atoms with Crippen LogP contribution in [0.15, 0.2) is 36.5 Å². The normalized spacial score (nSPS) is 10.4. The Morgan fingerprint density at radius 2 is 1.89 bits per heavy atom. The average Bonchev–Trinajstić information content (AvgIpc) is 2.39. The summed E-state index contributed by atoms with van der Waals surface area (Å²) in [7, 11) is 0. The minimum absolute atomic E-state index is 0.0388. The van der Waals surface area contributed by atoms with Gasteiger partial charge in [0.2, 0.25) is 0 Å². The predicted molar refractivity (Wildman–Crippen MR) is 69.5 cm³/mol. The highest BCUT2D eigenvalue weighted by atomic mass is 35.5. The third-order valence-corrected chi connectivity index (χ3v) is 2.91. The van der Waals surface area contributed by atoms with E-state index in [9.17, 15) is 4.39 Å². The Morgan fingerprint density at radius 3 is 2.56 bits per heavy atom. The molecule has 2 nitrogen and oxygen atoms in total. The maximum Gasteiger partial charge on any atom is 0.251 e. The van der Waals surface area contributed by atoms with E-state index in [0.29, 0.717) is 10.6 Å². The van der Waals surface area contributed by atoms with Crippen molar-refractivity contribution in [1.29, 1.82) is 0 Å². The van der Waals surface area contributed by atoms with Crippen LogP contribution in [0.5, 0.6) is 5.88 Å². The molecule has 5 heteroatoms. The molecule has 0 aliphatic carbocycles. The van der Waals surface area contributed by atoms with Gasteiger partial charge in [-0.15, -0.1) is 11.6 Å². The number of aromatic nitrogens is 1. The number of ether oxygens (including phenoxy) is 1. The van der Waals surface area contributed by atoms with E-state index in [2.05, 4.69) is 4.98 Å². The fourth-order valence-corrected chi connectivity index (χ4v) is 1.73. The second-order valence-corrected chi connectivity index (χ2v) is 4.34. The molecule has 0 spiro atoms. The highest BCUT2D eigenvalue weighted by molar-refractivity contribution is 6.30. The molecule has 18 heavy (non-hydrogen) atoms. The zero-order valence-corrected chi connectivity index (χ0v) is 10.9. The van der Waals surface area contributed by atoms with Gasteiger partial charge in [-0.2, -0.15) is 0 Å². The van der Waals surface area contributed by atoms with Crippen molar-refractivity contribution in [2.24, 2.45) is 0 Å². The Hall–Kier alpha value is -1.32. The lowest BCUT2D eigenvalue weighted by Crippen LogP contribution is -2.01. The number of benzene rings is 1. The topological polar surface area (TPSA) is 22.1 Å². The highest BCUT2D eigenvalue weighted by Crippen LogP contribution is 2.20. The molecule has 1 aromatic carbocycles. The summed E-state index contributed by atoms with van der Waals surface area (Å²) < 4.78 is 19.1. The molecule has 94 valence electrons. The zero-order chi connectivity index (χ0) is 13.0. The predicted octanol–water partition coefficient (Wildman–Crippen LogP) is 4.19. The zero-order valence-electron chi connectivity index (χ0n) is 9.37. The molecule has 0 aliphatic heterocycles. The van der Waals surface area contributed by atoms with Gasteiger partial charge in [0.1, 0.15) is 6.61 Å². The first kappa shape index (κ1) is 13.1. The Bertz CT molecular complexity index is 531. The second kappa shape index (κ2) is 6.03. The van der Waals surface area contributed by atoms with E-state index in [4.69, 9.17) is 27.9 Å². The first-order chi connectivity index (χ1) is 8.70. The molecule has 2 rings (SSSR count). The first-order valence-corrected chi connectivity index (χ1v) is 6.18. The fourth-order valence-electron chi connectivity index (χ4n) is 1.40. The van der Waals surface area contributed by atoms with Gasteiger partial charge in [-0.1, -0.05) is 23.7 Å². The van der Waals surface area contributed by atoms with E-state index in [-0.39, 0.29) is 18.4 Å². The van der Waals surface area contributed by atoms with E-state index < -0.39 is 5.82 Å². The Morgan fingerprint density at radius 1 is 1.17 bits per heavy atom. The Labute approximate surface area is 114 Å².